The fraction of sp³-hybridized carbons (Fsp3) is 0.294. The van der Waals surface area contributed by atoms with Gasteiger partial charge in [0.25, 0.3) is 0 Å². The van der Waals surface area contributed by atoms with Crippen LogP contribution >= 0.6 is 0 Å². The fourth-order valence-corrected chi connectivity index (χ4v) is 2.47. The highest BCUT2D eigenvalue weighted by atomic mass is 16.3. The van der Waals surface area contributed by atoms with Crippen LogP contribution in [0.25, 0.3) is 11.1 Å². The number of phenols is 1. The molecule has 0 saturated heterocycles. The van der Waals surface area contributed by atoms with Crippen molar-refractivity contribution in [2.45, 2.75) is 33.1 Å². The lowest BCUT2D eigenvalue weighted by Crippen LogP contribution is -1.95. The van der Waals surface area contributed by atoms with E-state index in [2.05, 4.69) is 38.1 Å². The Kier molecular flexibility index (Phi) is 4.03. The van der Waals surface area contributed by atoms with Crippen molar-refractivity contribution in [3.8, 4) is 16.9 Å². The second-order valence-corrected chi connectivity index (χ2v) is 4.61. The summed E-state index contributed by atoms with van der Waals surface area (Å²) in [4.78, 5) is 0. The van der Waals surface area contributed by atoms with Crippen LogP contribution in [0.5, 0.6) is 5.75 Å². The zero-order chi connectivity index (χ0) is 13.0. The van der Waals surface area contributed by atoms with Crippen LogP contribution in [0.3, 0.4) is 0 Å². The largest absolute Gasteiger partial charge is 0.508 e. The number of aryl methyl sites for hydroxylation is 2. The van der Waals surface area contributed by atoms with Gasteiger partial charge in [-0.05, 0) is 47.2 Å². The van der Waals surface area contributed by atoms with Crippen molar-refractivity contribution >= 4 is 0 Å². The van der Waals surface area contributed by atoms with Crippen molar-refractivity contribution in [1.82, 2.24) is 0 Å². The van der Waals surface area contributed by atoms with Crippen molar-refractivity contribution in [2.75, 3.05) is 0 Å². The third-order valence-electron chi connectivity index (χ3n) is 3.25. The van der Waals surface area contributed by atoms with Gasteiger partial charge in [-0.3, -0.25) is 0 Å². The summed E-state index contributed by atoms with van der Waals surface area (Å²) in [6.07, 6.45) is 3.04. The predicted octanol–water partition coefficient (Wildman–Crippen LogP) is 4.57. The van der Waals surface area contributed by atoms with Crippen LogP contribution in [0.2, 0.25) is 0 Å². The Morgan fingerprint density at radius 3 is 2.22 bits per heavy atom. The van der Waals surface area contributed by atoms with Crippen LogP contribution in [0.1, 0.15) is 31.4 Å². The molecule has 0 amide bonds. The molecule has 1 nitrogen and oxygen atoms in total. The first-order chi connectivity index (χ1) is 8.76. The van der Waals surface area contributed by atoms with Gasteiger partial charge < -0.3 is 5.11 Å². The molecule has 0 aliphatic heterocycles. The second-order valence-electron chi connectivity index (χ2n) is 4.61. The number of hydrogen-bond donors (Lipinski definition) is 1. The maximum Gasteiger partial charge on any atom is 0.116 e. The summed E-state index contributed by atoms with van der Waals surface area (Å²) in [5, 5.41) is 9.82. The molecule has 0 fully saturated rings. The normalized spacial score (nSPS) is 10.6. The SMILES string of the molecule is CCCc1cc(O)cc(CC)c1-c1ccccc1. The van der Waals surface area contributed by atoms with E-state index in [0.29, 0.717) is 5.75 Å². The van der Waals surface area contributed by atoms with Gasteiger partial charge in [-0.1, -0.05) is 50.6 Å². The molecule has 18 heavy (non-hydrogen) atoms. The van der Waals surface area contributed by atoms with Gasteiger partial charge in [0.05, 0.1) is 0 Å². The number of phenolic OH excluding ortho intramolecular Hbond substituents is 1. The molecule has 0 aliphatic carbocycles. The first-order valence-electron chi connectivity index (χ1n) is 6.66. The molecule has 0 radical (unpaired) electrons. The molecule has 2 aromatic carbocycles. The first-order valence-corrected chi connectivity index (χ1v) is 6.66. The molecular weight excluding hydrogens is 220 g/mol. The second kappa shape index (κ2) is 5.72. The maximum absolute atomic E-state index is 9.82. The van der Waals surface area contributed by atoms with Gasteiger partial charge in [-0.2, -0.15) is 0 Å². The Bertz CT molecular complexity index is 515. The molecule has 2 rings (SSSR count). The van der Waals surface area contributed by atoms with Crippen molar-refractivity contribution in [3.63, 3.8) is 0 Å². The third kappa shape index (κ3) is 2.56. The van der Waals surface area contributed by atoms with Crippen LogP contribution in [-0.2, 0) is 12.8 Å². The number of hydrogen-bond acceptors (Lipinski definition) is 1. The van der Waals surface area contributed by atoms with Gasteiger partial charge in [-0.15, -0.1) is 0 Å². The highest BCUT2D eigenvalue weighted by Crippen LogP contribution is 2.32. The molecule has 0 bridgehead atoms. The lowest BCUT2D eigenvalue weighted by atomic mass is 9.91. The Morgan fingerprint density at radius 2 is 1.61 bits per heavy atom. The minimum Gasteiger partial charge on any atom is -0.508 e. The number of benzene rings is 2. The summed E-state index contributed by atoms with van der Waals surface area (Å²) in [5.41, 5.74) is 5.03. The van der Waals surface area contributed by atoms with E-state index in [1.807, 2.05) is 18.2 Å². The molecule has 1 heteroatoms. The molecule has 94 valence electrons. The molecule has 0 aromatic heterocycles. The van der Waals surface area contributed by atoms with Crippen molar-refractivity contribution < 1.29 is 5.11 Å². The predicted molar refractivity (Wildman–Crippen MR) is 76.9 cm³/mol. The van der Waals surface area contributed by atoms with Crippen molar-refractivity contribution in [2.24, 2.45) is 0 Å². The van der Waals surface area contributed by atoms with Crippen LogP contribution in [0.15, 0.2) is 42.5 Å². The summed E-state index contributed by atoms with van der Waals surface area (Å²) in [6, 6.07) is 14.3. The monoisotopic (exact) mass is 240 g/mol. The van der Waals surface area contributed by atoms with Crippen molar-refractivity contribution in [1.29, 1.82) is 0 Å². The summed E-state index contributed by atoms with van der Waals surface area (Å²) >= 11 is 0. The molecular formula is C17H20O. The van der Waals surface area contributed by atoms with Crippen LogP contribution in [0, 0.1) is 0 Å². The molecule has 0 saturated carbocycles. The summed E-state index contributed by atoms with van der Waals surface area (Å²) in [6.45, 7) is 4.31. The fourth-order valence-electron chi connectivity index (χ4n) is 2.47. The maximum atomic E-state index is 9.82. The average Bonchev–Trinajstić information content (AvgIpc) is 2.39. The van der Waals surface area contributed by atoms with Gasteiger partial charge in [0.1, 0.15) is 5.75 Å². The number of rotatable bonds is 4. The van der Waals surface area contributed by atoms with E-state index in [0.717, 1.165) is 19.3 Å². The van der Waals surface area contributed by atoms with E-state index in [9.17, 15) is 5.11 Å². The van der Waals surface area contributed by atoms with Gasteiger partial charge in [0.15, 0.2) is 0 Å². The lowest BCUT2D eigenvalue weighted by Gasteiger charge is -2.15. The highest BCUT2D eigenvalue weighted by Gasteiger charge is 2.11. The standard InChI is InChI=1S/C17H20O/c1-3-8-15-12-16(18)11-13(4-2)17(15)14-9-6-5-7-10-14/h5-7,9-12,18H,3-4,8H2,1-2H3. The zero-order valence-electron chi connectivity index (χ0n) is 11.1. The summed E-state index contributed by atoms with van der Waals surface area (Å²) in [5.74, 6) is 0.384. The van der Waals surface area contributed by atoms with Gasteiger partial charge in [-0.25, -0.2) is 0 Å². The summed E-state index contributed by atoms with van der Waals surface area (Å²) < 4.78 is 0. The van der Waals surface area contributed by atoms with Crippen LogP contribution < -0.4 is 0 Å². The minimum atomic E-state index is 0.384. The average molecular weight is 240 g/mol. The Balaban J connectivity index is 2.62. The molecule has 0 aliphatic rings. The molecule has 0 atom stereocenters. The quantitative estimate of drug-likeness (QED) is 0.829. The lowest BCUT2D eigenvalue weighted by molar-refractivity contribution is 0.474. The first kappa shape index (κ1) is 12.7. The molecule has 0 spiro atoms. The van der Waals surface area contributed by atoms with E-state index in [1.165, 1.54) is 22.3 Å². The van der Waals surface area contributed by atoms with Crippen molar-refractivity contribution in [3.05, 3.63) is 53.6 Å². The van der Waals surface area contributed by atoms with E-state index < -0.39 is 0 Å². The van der Waals surface area contributed by atoms with Crippen LogP contribution in [-0.4, -0.2) is 5.11 Å². The van der Waals surface area contributed by atoms with E-state index in [1.54, 1.807) is 0 Å². The minimum absolute atomic E-state index is 0.384. The van der Waals surface area contributed by atoms with E-state index in [-0.39, 0.29) is 0 Å². The third-order valence-corrected chi connectivity index (χ3v) is 3.25. The zero-order valence-corrected chi connectivity index (χ0v) is 11.1. The smallest absolute Gasteiger partial charge is 0.116 e. The van der Waals surface area contributed by atoms with Gasteiger partial charge in [0.2, 0.25) is 0 Å². The van der Waals surface area contributed by atoms with Crippen LogP contribution in [0.4, 0.5) is 0 Å². The Morgan fingerprint density at radius 1 is 0.944 bits per heavy atom. The Hall–Kier alpha value is -1.76. The van der Waals surface area contributed by atoms with Gasteiger partial charge >= 0.3 is 0 Å². The molecule has 0 heterocycles. The number of aromatic hydroxyl groups is 1. The topological polar surface area (TPSA) is 20.2 Å². The molecule has 1 N–H and O–H groups in total. The Labute approximate surface area is 109 Å². The van der Waals surface area contributed by atoms with E-state index >= 15 is 0 Å². The van der Waals surface area contributed by atoms with E-state index in [4.69, 9.17) is 0 Å². The highest BCUT2D eigenvalue weighted by molar-refractivity contribution is 5.72. The molecule has 2 aromatic rings. The molecule has 0 unspecified atom stereocenters. The van der Waals surface area contributed by atoms with Gasteiger partial charge in [0, 0.05) is 0 Å². The summed E-state index contributed by atoms with van der Waals surface area (Å²) in [7, 11) is 0.